The summed E-state index contributed by atoms with van der Waals surface area (Å²) in [5.74, 6) is 0. The smallest absolute Gasteiger partial charge is 0.0593 e. The molecule has 20 heavy (non-hydrogen) atoms. The van der Waals surface area contributed by atoms with Gasteiger partial charge in [-0.3, -0.25) is 4.90 Å². The zero-order chi connectivity index (χ0) is 14.2. The molecule has 0 bridgehead atoms. The Morgan fingerprint density at radius 3 is 2.75 bits per heavy atom. The van der Waals surface area contributed by atoms with Gasteiger partial charge < -0.3 is 10.1 Å². The van der Waals surface area contributed by atoms with Crippen LogP contribution in [-0.2, 0) is 17.8 Å². The van der Waals surface area contributed by atoms with Gasteiger partial charge in [0.2, 0.25) is 0 Å². The third-order valence-electron chi connectivity index (χ3n) is 3.77. The first-order valence-corrected chi connectivity index (χ1v) is 7.93. The van der Waals surface area contributed by atoms with Crippen molar-refractivity contribution in [1.29, 1.82) is 0 Å². The molecule has 0 radical (unpaired) electrons. The van der Waals surface area contributed by atoms with Crippen LogP contribution < -0.4 is 5.32 Å². The van der Waals surface area contributed by atoms with Gasteiger partial charge in [-0.1, -0.05) is 31.2 Å². The van der Waals surface area contributed by atoms with Gasteiger partial charge in [0.15, 0.2) is 0 Å². The van der Waals surface area contributed by atoms with Crippen LogP contribution in [-0.4, -0.2) is 37.2 Å². The summed E-state index contributed by atoms with van der Waals surface area (Å²) in [6.45, 7) is 9.99. The quantitative estimate of drug-likeness (QED) is 0.665. The lowest BCUT2D eigenvalue weighted by molar-refractivity contribution is 0.113. The van der Waals surface area contributed by atoms with Crippen molar-refractivity contribution in [1.82, 2.24) is 10.2 Å². The second-order valence-electron chi connectivity index (χ2n) is 5.54. The Hall–Kier alpha value is -0.900. The van der Waals surface area contributed by atoms with Crippen molar-refractivity contribution in [2.45, 2.75) is 45.8 Å². The summed E-state index contributed by atoms with van der Waals surface area (Å²) in [7, 11) is 0. The molecule has 0 aliphatic heterocycles. The van der Waals surface area contributed by atoms with Crippen LogP contribution in [0.2, 0.25) is 0 Å². The van der Waals surface area contributed by atoms with Crippen LogP contribution in [0.1, 0.15) is 37.8 Å². The third kappa shape index (κ3) is 5.61. The maximum Gasteiger partial charge on any atom is 0.0593 e. The van der Waals surface area contributed by atoms with E-state index in [9.17, 15) is 0 Å². The minimum Gasteiger partial charge on any atom is -0.380 e. The Balaban J connectivity index is 1.81. The molecule has 0 spiro atoms. The van der Waals surface area contributed by atoms with Gasteiger partial charge in [0.25, 0.3) is 0 Å². The second-order valence-corrected chi connectivity index (χ2v) is 5.54. The number of nitrogens with zero attached hydrogens (tertiary/aromatic N) is 1. The molecule has 0 aromatic heterocycles. The maximum absolute atomic E-state index is 5.45. The van der Waals surface area contributed by atoms with E-state index in [0.717, 1.165) is 45.4 Å². The number of likely N-dealkylation sites (N-methyl/N-ethyl adjacent to an activating group) is 1. The summed E-state index contributed by atoms with van der Waals surface area (Å²) in [4.78, 5) is 2.43. The highest BCUT2D eigenvalue weighted by molar-refractivity contribution is 5.23. The van der Waals surface area contributed by atoms with Crippen LogP contribution in [0.4, 0.5) is 0 Å². The van der Waals surface area contributed by atoms with Crippen LogP contribution in [0, 0.1) is 0 Å². The molecular formula is C17H28N2O. The Bertz CT molecular complexity index is 390. The summed E-state index contributed by atoms with van der Waals surface area (Å²) in [5.41, 5.74) is 2.80. The van der Waals surface area contributed by atoms with Crippen molar-refractivity contribution in [3.8, 4) is 0 Å². The van der Waals surface area contributed by atoms with E-state index in [1.165, 1.54) is 24.0 Å². The predicted octanol–water partition coefficient (Wildman–Crippen LogP) is 2.80. The lowest BCUT2D eigenvalue weighted by atomic mass is 10.1. The van der Waals surface area contributed by atoms with Gasteiger partial charge in [-0.25, -0.2) is 0 Å². The number of hydrogen-bond donors (Lipinski definition) is 1. The number of benzene rings is 1. The highest BCUT2D eigenvalue weighted by Gasteiger charge is 2.19. The molecule has 1 fully saturated rings. The standard InChI is InChI=1S/C17H28N2O/c1-3-19(10-11-20-4-2)14-16-7-5-6-15(12-16)13-18-17-8-9-17/h5-7,12,17-18H,3-4,8-11,13-14H2,1-2H3. The van der Waals surface area contributed by atoms with Gasteiger partial charge in [0.05, 0.1) is 6.61 Å². The van der Waals surface area contributed by atoms with Crippen LogP contribution in [0.3, 0.4) is 0 Å². The lowest BCUT2D eigenvalue weighted by Crippen LogP contribution is -2.27. The SMILES string of the molecule is CCOCCN(CC)Cc1cccc(CNC2CC2)c1. The first-order valence-electron chi connectivity index (χ1n) is 7.93. The lowest BCUT2D eigenvalue weighted by Gasteiger charge is -2.20. The number of hydrogen-bond acceptors (Lipinski definition) is 3. The van der Waals surface area contributed by atoms with Gasteiger partial charge in [-0.2, -0.15) is 0 Å². The van der Waals surface area contributed by atoms with E-state index in [0.29, 0.717) is 0 Å². The monoisotopic (exact) mass is 276 g/mol. The largest absolute Gasteiger partial charge is 0.380 e. The average molecular weight is 276 g/mol. The van der Waals surface area contributed by atoms with E-state index in [-0.39, 0.29) is 0 Å². The van der Waals surface area contributed by atoms with E-state index in [1.54, 1.807) is 0 Å². The molecule has 2 rings (SSSR count). The summed E-state index contributed by atoms with van der Waals surface area (Å²) in [5, 5.41) is 3.58. The molecule has 3 nitrogen and oxygen atoms in total. The summed E-state index contributed by atoms with van der Waals surface area (Å²) < 4.78 is 5.45. The summed E-state index contributed by atoms with van der Waals surface area (Å²) >= 11 is 0. The zero-order valence-corrected chi connectivity index (χ0v) is 12.9. The molecule has 1 aromatic carbocycles. The van der Waals surface area contributed by atoms with Crippen molar-refractivity contribution in [2.24, 2.45) is 0 Å². The fourth-order valence-electron chi connectivity index (χ4n) is 2.33. The van der Waals surface area contributed by atoms with E-state index >= 15 is 0 Å². The molecule has 1 aliphatic carbocycles. The molecule has 1 N–H and O–H groups in total. The molecule has 0 saturated heterocycles. The van der Waals surface area contributed by atoms with Crippen LogP contribution in [0.25, 0.3) is 0 Å². The summed E-state index contributed by atoms with van der Waals surface area (Å²) in [6.07, 6.45) is 2.70. The Morgan fingerprint density at radius 1 is 1.25 bits per heavy atom. The molecule has 0 amide bonds. The third-order valence-corrected chi connectivity index (χ3v) is 3.77. The fourth-order valence-corrected chi connectivity index (χ4v) is 2.33. The van der Waals surface area contributed by atoms with Crippen molar-refractivity contribution >= 4 is 0 Å². The molecule has 0 atom stereocenters. The first-order chi connectivity index (χ1) is 9.81. The predicted molar refractivity (Wildman–Crippen MR) is 83.7 cm³/mol. The molecule has 0 heterocycles. The van der Waals surface area contributed by atoms with Crippen LogP contribution in [0.15, 0.2) is 24.3 Å². The van der Waals surface area contributed by atoms with Crippen molar-refractivity contribution in [2.75, 3.05) is 26.3 Å². The Labute approximate surface area is 123 Å². The summed E-state index contributed by atoms with van der Waals surface area (Å²) in [6, 6.07) is 9.73. The van der Waals surface area contributed by atoms with Crippen LogP contribution in [0.5, 0.6) is 0 Å². The van der Waals surface area contributed by atoms with E-state index in [2.05, 4.69) is 41.4 Å². The topological polar surface area (TPSA) is 24.5 Å². The van der Waals surface area contributed by atoms with Crippen LogP contribution >= 0.6 is 0 Å². The molecule has 1 saturated carbocycles. The minimum atomic E-state index is 0.775. The molecule has 0 unspecified atom stereocenters. The van der Waals surface area contributed by atoms with Crippen molar-refractivity contribution < 1.29 is 4.74 Å². The number of ether oxygens (including phenoxy) is 1. The van der Waals surface area contributed by atoms with Gasteiger partial charge in [-0.15, -0.1) is 0 Å². The van der Waals surface area contributed by atoms with E-state index in [1.807, 2.05) is 6.92 Å². The number of rotatable bonds is 10. The number of nitrogens with one attached hydrogen (secondary N) is 1. The molecule has 1 aliphatic rings. The minimum absolute atomic E-state index is 0.775. The molecule has 1 aromatic rings. The molecule has 3 heteroatoms. The Morgan fingerprint density at radius 2 is 2.05 bits per heavy atom. The Kier molecular flexibility index (Phi) is 6.51. The van der Waals surface area contributed by atoms with Gasteiger partial charge in [0.1, 0.15) is 0 Å². The molecular weight excluding hydrogens is 248 g/mol. The average Bonchev–Trinajstić information content (AvgIpc) is 3.29. The highest BCUT2D eigenvalue weighted by Crippen LogP contribution is 2.19. The maximum atomic E-state index is 5.45. The van der Waals surface area contributed by atoms with Gasteiger partial charge in [0, 0.05) is 32.3 Å². The van der Waals surface area contributed by atoms with E-state index in [4.69, 9.17) is 4.74 Å². The van der Waals surface area contributed by atoms with Gasteiger partial charge in [-0.05, 0) is 37.4 Å². The highest BCUT2D eigenvalue weighted by atomic mass is 16.5. The second kappa shape index (κ2) is 8.40. The van der Waals surface area contributed by atoms with Crippen molar-refractivity contribution in [3.63, 3.8) is 0 Å². The molecule has 112 valence electrons. The van der Waals surface area contributed by atoms with Crippen molar-refractivity contribution in [3.05, 3.63) is 35.4 Å². The first kappa shape index (κ1) is 15.5. The fraction of sp³-hybridized carbons (Fsp3) is 0.647. The zero-order valence-electron chi connectivity index (χ0n) is 12.9. The van der Waals surface area contributed by atoms with E-state index < -0.39 is 0 Å². The normalized spacial score (nSPS) is 14.9. The van der Waals surface area contributed by atoms with Gasteiger partial charge >= 0.3 is 0 Å².